The molecule has 9 heteroatoms. The number of hydrogen-bond donors (Lipinski definition) is 4. The van der Waals surface area contributed by atoms with Crippen LogP contribution in [0.3, 0.4) is 0 Å². The van der Waals surface area contributed by atoms with Crippen LogP contribution in [-0.2, 0) is 14.4 Å². The number of β-amino-alcohol motifs (C(OH)–C–C–N with tert-alkyl or cyclic N) is 1. The Morgan fingerprint density at radius 2 is 1.78 bits per heavy atom. The Kier molecular flexibility index (Phi) is 7.15. The van der Waals surface area contributed by atoms with Crippen molar-refractivity contribution in [2.24, 2.45) is 5.92 Å². The Bertz CT molecular complexity index is 354. The fourth-order valence-corrected chi connectivity index (χ4v) is 2.07. The average molecular weight is 281 g/mol. The van der Waals surface area contributed by atoms with Crippen LogP contribution in [0.25, 0.3) is 0 Å². The molecule has 0 radical (unpaired) electrons. The second-order valence-corrected chi connectivity index (χ2v) is 6.63. The van der Waals surface area contributed by atoms with E-state index < -0.39 is 40.4 Å². The first-order valence-corrected chi connectivity index (χ1v) is 7.18. The van der Waals surface area contributed by atoms with Crippen molar-refractivity contribution in [3.8, 4) is 0 Å². The molecule has 0 bridgehead atoms. The predicted octanol–water partition coefficient (Wildman–Crippen LogP) is -1.96. The molecule has 4 N–H and O–H groups in total. The van der Waals surface area contributed by atoms with Gasteiger partial charge in [-0.25, -0.2) is 0 Å². The molecule has 0 aliphatic heterocycles. The van der Waals surface area contributed by atoms with Crippen LogP contribution in [0.2, 0.25) is 0 Å². The van der Waals surface area contributed by atoms with Gasteiger partial charge in [-0.3, -0.25) is 0 Å². The molecule has 106 valence electrons. The Morgan fingerprint density at radius 3 is 2.11 bits per heavy atom. The van der Waals surface area contributed by atoms with E-state index in [-0.39, 0.29) is 12.3 Å². The van der Waals surface area contributed by atoms with Crippen LogP contribution in [0.4, 0.5) is 0 Å². The molecule has 0 saturated heterocycles. The van der Waals surface area contributed by atoms with Gasteiger partial charge in [-0.1, -0.05) is 0 Å². The second-order valence-electron chi connectivity index (χ2n) is 4.72. The fraction of sp³-hybridized carbons (Fsp3) is 1.00. The van der Waals surface area contributed by atoms with E-state index in [1.165, 1.54) is 0 Å². The van der Waals surface area contributed by atoms with E-state index >= 15 is 0 Å². The summed E-state index contributed by atoms with van der Waals surface area (Å²) < 4.78 is 32.3. The molecule has 18 heavy (non-hydrogen) atoms. The third-order valence-corrected chi connectivity index (χ3v) is 3.76. The van der Waals surface area contributed by atoms with Crippen molar-refractivity contribution in [2.75, 3.05) is 19.8 Å². The summed E-state index contributed by atoms with van der Waals surface area (Å²) in [6, 6.07) is 0. The summed E-state index contributed by atoms with van der Waals surface area (Å²) in [4.78, 5) is 0. The van der Waals surface area contributed by atoms with Gasteiger partial charge in [0.05, 0.1) is 0 Å². The number of hydrogen-bond acceptors (Lipinski definition) is 7. The van der Waals surface area contributed by atoms with Crippen LogP contribution >= 0.6 is 0 Å². The third-order valence-electron chi connectivity index (χ3n) is 2.57. The maximum atomic E-state index is 11.0. The predicted molar refractivity (Wildman–Crippen MR) is 65.7 cm³/mol. The molecule has 0 amide bonds. The molecule has 7 nitrogen and oxygen atoms in total. The topological polar surface area (TPSA) is 124 Å². The molecule has 0 saturated carbocycles. The Hall–Kier alpha value is -0.345. The first-order valence-electron chi connectivity index (χ1n) is 5.57. The summed E-state index contributed by atoms with van der Waals surface area (Å²) in [5.74, 6) is 0.150. The van der Waals surface area contributed by atoms with Gasteiger partial charge in [-0.15, -0.1) is 0 Å². The Balaban J connectivity index is 4.68. The zero-order valence-electron chi connectivity index (χ0n) is 10.5. The Morgan fingerprint density at radius 1 is 1.28 bits per heavy atom. The molecular formula is C9H20BNO6S. The van der Waals surface area contributed by atoms with Crippen molar-refractivity contribution in [3.05, 3.63) is 0 Å². The Labute approximate surface area is 107 Å². The van der Waals surface area contributed by atoms with Gasteiger partial charge in [0, 0.05) is 0 Å². The van der Waals surface area contributed by atoms with E-state index in [1.54, 1.807) is 0 Å². The standard InChI is InChI=1S/C9H20BNO6S/c1-7(2)3-9(5-12,6-13)11-4-8(14)18(16,17)10-15/h7-8,11-14H,3-6H2,1-2H3. The van der Waals surface area contributed by atoms with E-state index in [0.717, 1.165) is 0 Å². The van der Waals surface area contributed by atoms with Crippen LogP contribution < -0.4 is 5.32 Å². The van der Waals surface area contributed by atoms with Gasteiger partial charge in [0.1, 0.15) is 0 Å². The van der Waals surface area contributed by atoms with Crippen LogP contribution in [0.15, 0.2) is 0 Å². The average Bonchev–Trinajstić information content (AvgIpc) is 2.33. The van der Waals surface area contributed by atoms with E-state index in [1.807, 2.05) is 13.8 Å². The molecule has 0 rings (SSSR count). The van der Waals surface area contributed by atoms with Crippen molar-refractivity contribution in [3.63, 3.8) is 0 Å². The molecule has 0 heterocycles. The van der Waals surface area contributed by atoms with Crippen molar-refractivity contribution in [2.45, 2.75) is 31.2 Å². The van der Waals surface area contributed by atoms with Crippen molar-refractivity contribution < 1.29 is 28.4 Å². The van der Waals surface area contributed by atoms with Crippen molar-refractivity contribution in [1.82, 2.24) is 5.32 Å². The van der Waals surface area contributed by atoms with Crippen LogP contribution in [0.5, 0.6) is 0 Å². The second kappa shape index (κ2) is 7.29. The molecule has 1 unspecified atom stereocenters. The van der Waals surface area contributed by atoms with Gasteiger partial charge in [0.15, 0.2) is 0 Å². The molecule has 0 fully saturated rings. The molecule has 0 aliphatic rings. The number of aliphatic hydroxyl groups is 3. The number of nitrogens with one attached hydrogen (secondary N) is 1. The van der Waals surface area contributed by atoms with Gasteiger partial charge in [-0.2, -0.15) is 0 Å². The molecule has 0 aliphatic carbocycles. The van der Waals surface area contributed by atoms with Gasteiger partial charge in [-0.05, 0) is 0 Å². The number of rotatable bonds is 9. The minimum absolute atomic E-state index is 0.150. The van der Waals surface area contributed by atoms with Crippen LogP contribution in [-0.4, -0.2) is 60.9 Å². The van der Waals surface area contributed by atoms with Gasteiger partial charge >= 0.3 is 107 Å². The summed E-state index contributed by atoms with van der Waals surface area (Å²) in [7, 11) is -4.22. The van der Waals surface area contributed by atoms with E-state index in [0.29, 0.717) is 6.42 Å². The summed E-state index contributed by atoms with van der Waals surface area (Å²) in [6.45, 7) is 2.50. The first kappa shape index (κ1) is 17.7. The summed E-state index contributed by atoms with van der Waals surface area (Å²) in [5.41, 5.74) is -2.97. The van der Waals surface area contributed by atoms with Gasteiger partial charge < -0.3 is 0 Å². The SMILES string of the molecule is CC(C)CC(CO)(CO)NCC(O)S(=O)(=O)B=O. The molecule has 0 aromatic rings. The van der Waals surface area contributed by atoms with Gasteiger partial charge in [0.25, 0.3) is 0 Å². The molecule has 1 atom stereocenters. The summed E-state index contributed by atoms with van der Waals surface area (Å²) in [5, 5.41) is 30.5. The van der Waals surface area contributed by atoms with E-state index in [9.17, 15) is 28.4 Å². The quantitative estimate of drug-likeness (QED) is 0.362. The van der Waals surface area contributed by atoms with Crippen molar-refractivity contribution in [1.29, 1.82) is 0 Å². The monoisotopic (exact) mass is 281 g/mol. The molecule has 0 spiro atoms. The molecule has 0 aromatic carbocycles. The molecular weight excluding hydrogens is 261 g/mol. The normalized spacial score (nSPS) is 14.6. The van der Waals surface area contributed by atoms with Crippen LogP contribution in [0.1, 0.15) is 20.3 Å². The zero-order chi connectivity index (χ0) is 14.4. The summed E-state index contributed by atoms with van der Waals surface area (Å²) >= 11 is 0. The van der Waals surface area contributed by atoms with E-state index in [4.69, 9.17) is 0 Å². The fourth-order valence-electron chi connectivity index (χ4n) is 1.63. The minimum atomic E-state index is -4.22. The van der Waals surface area contributed by atoms with Crippen LogP contribution in [0, 0.1) is 5.92 Å². The summed E-state index contributed by atoms with van der Waals surface area (Å²) in [6.07, 6.45) is 0.0786. The third kappa shape index (κ3) is 5.11. The maximum absolute atomic E-state index is 11.0. The zero-order valence-corrected chi connectivity index (χ0v) is 11.4. The number of aliphatic hydroxyl groups excluding tert-OH is 3. The van der Waals surface area contributed by atoms with E-state index in [2.05, 4.69) is 5.32 Å². The first-order chi connectivity index (χ1) is 8.23. The van der Waals surface area contributed by atoms with Crippen molar-refractivity contribution >= 4 is 16.1 Å². The molecule has 0 aromatic heterocycles. The van der Waals surface area contributed by atoms with Gasteiger partial charge in [0.2, 0.25) is 0 Å².